The van der Waals surface area contributed by atoms with Crippen LogP contribution in [0, 0.1) is 0 Å². The second-order valence-electron chi connectivity index (χ2n) is 2.38. The predicted octanol–water partition coefficient (Wildman–Crippen LogP) is 1.41. The van der Waals surface area contributed by atoms with Gasteiger partial charge in [-0.2, -0.15) is 0 Å². The van der Waals surface area contributed by atoms with E-state index >= 15 is 0 Å². The first kappa shape index (κ1) is 9.67. The molecule has 1 aromatic carbocycles. The zero-order chi connectivity index (χ0) is 10.0. The topological polar surface area (TPSA) is 72.5 Å². The van der Waals surface area contributed by atoms with Gasteiger partial charge in [0.25, 0.3) is 0 Å². The summed E-state index contributed by atoms with van der Waals surface area (Å²) in [7, 11) is 1.20. The average molecular weight is 202 g/mol. The summed E-state index contributed by atoms with van der Waals surface area (Å²) >= 11 is 5.58. The molecule has 70 valence electrons. The van der Waals surface area contributed by atoms with Crippen molar-refractivity contribution in [2.24, 2.45) is 0 Å². The van der Waals surface area contributed by atoms with Gasteiger partial charge in [-0.1, -0.05) is 11.6 Å². The molecule has 0 unspecified atom stereocenters. The van der Waals surface area contributed by atoms with E-state index < -0.39 is 5.97 Å². The van der Waals surface area contributed by atoms with Crippen molar-refractivity contribution in [1.82, 2.24) is 0 Å². The van der Waals surface area contributed by atoms with Crippen LogP contribution in [0.25, 0.3) is 0 Å². The number of aromatic hydroxyl groups is 1. The van der Waals surface area contributed by atoms with Gasteiger partial charge in [-0.3, -0.25) is 0 Å². The lowest BCUT2D eigenvalue weighted by molar-refractivity contribution is 0.0599. The number of esters is 1. The molecule has 13 heavy (non-hydrogen) atoms. The lowest BCUT2D eigenvalue weighted by atomic mass is 10.1. The number of anilines is 1. The average Bonchev–Trinajstić information content (AvgIpc) is 2.02. The molecular formula is C8H8ClNO3. The Hall–Kier alpha value is -1.42. The number of nitrogens with two attached hydrogens (primary N) is 1. The molecular weight excluding hydrogens is 194 g/mol. The van der Waals surface area contributed by atoms with Crippen LogP contribution in [-0.4, -0.2) is 18.2 Å². The number of nitrogen functional groups attached to an aromatic ring is 1. The summed E-state index contributed by atoms with van der Waals surface area (Å²) in [5, 5.41) is 9.57. The van der Waals surface area contributed by atoms with E-state index in [1.54, 1.807) is 0 Å². The highest BCUT2D eigenvalue weighted by molar-refractivity contribution is 6.31. The van der Waals surface area contributed by atoms with Crippen LogP contribution in [0.2, 0.25) is 5.02 Å². The zero-order valence-corrected chi connectivity index (χ0v) is 7.63. The van der Waals surface area contributed by atoms with E-state index in [9.17, 15) is 9.90 Å². The number of phenols is 1. The zero-order valence-electron chi connectivity index (χ0n) is 6.87. The molecule has 0 bridgehead atoms. The maximum atomic E-state index is 11.1. The number of carbonyl (C=O) groups excluding carboxylic acids is 1. The minimum atomic E-state index is -0.688. The second-order valence-corrected chi connectivity index (χ2v) is 2.82. The number of benzene rings is 1. The number of hydrogen-bond acceptors (Lipinski definition) is 4. The standard InChI is InChI=1S/C8H8ClNO3/c1-13-8(12)7-5(10)2-4(9)3-6(7)11/h2-3,11H,10H2,1H3. The summed E-state index contributed by atoms with van der Waals surface area (Å²) < 4.78 is 4.42. The van der Waals surface area contributed by atoms with Crippen molar-refractivity contribution in [1.29, 1.82) is 0 Å². The lowest BCUT2D eigenvalue weighted by Crippen LogP contribution is -2.05. The van der Waals surface area contributed by atoms with Crippen LogP contribution in [0.3, 0.4) is 0 Å². The quantitative estimate of drug-likeness (QED) is 0.532. The normalized spacial score (nSPS) is 9.69. The monoisotopic (exact) mass is 201 g/mol. The molecule has 0 heterocycles. The van der Waals surface area contributed by atoms with Gasteiger partial charge in [0.05, 0.1) is 12.8 Å². The van der Waals surface area contributed by atoms with Crippen LogP contribution in [0.1, 0.15) is 10.4 Å². The molecule has 0 spiro atoms. The largest absolute Gasteiger partial charge is 0.507 e. The van der Waals surface area contributed by atoms with Gasteiger partial charge < -0.3 is 15.6 Å². The minimum Gasteiger partial charge on any atom is -0.507 e. The van der Waals surface area contributed by atoms with Crippen molar-refractivity contribution >= 4 is 23.3 Å². The fourth-order valence-corrected chi connectivity index (χ4v) is 1.16. The summed E-state index contributed by atoms with van der Waals surface area (Å²) in [6.07, 6.45) is 0. The van der Waals surface area contributed by atoms with Crippen LogP contribution in [0.15, 0.2) is 12.1 Å². The number of methoxy groups -OCH3 is 1. The first-order chi connectivity index (χ1) is 6.06. The van der Waals surface area contributed by atoms with Crippen LogP contribution in [-0.2, 0) is 4.74 Å². The fourth-order valence-electron chi connectivity index (χ4n) is 0.938. The molecule has 0 atom stereocenters. The minimum absolute atomic E-state index is 0.0631. The van der Waals surface area contributed by atoms with Crippen LogP contribution >= 0.6 is 11.6 Å². The number of rotatable bonds is 1. The van der Waals surface area contributed by atoms with E-state index in [1.165, 1.54) is 19.2 Å². The number of halogens is 1. The van der Waals surface area contributed by atoms with Crippen molar-refractivity contribution in [3.8, 4) is 5.75 Å². The van der Waals surface area contributed by atoms with Gasteiger partial charge >= 0.3 is 5.97 Å². The van der Waals surface area contributed by atoms with Gasteiger partial charge in [-0.05, 0) is 12.1 Å². The van der Waals surface area contributed by atoms with E-state index in [2.05, 4.69) is 4.74 Å². The van der Waals surface area contributed by atoms with Crippen LogP contribution in [0.5, 0.6) is 5.75 Å². The molecule has 0 aliphatic heterocycles. The smallest absolute Gasteiger partial charge is 0.343 e. The van der Waals surface area contributed by atoms with Crippen molar-refractivity contribution < 1.29 is 14.6 Å². The molecule has 4 nitrogen and oxygen atoms in total. The van der Waals surface area contributed by atoms with Crippen molar-refractivity contribution in [2.75, 3.05) is 12.8 Å². The first-order valence-corrected chi connectivity index (χ1v) is 3.80. The Morgan fingerprint density at radius 1 is 1.62 bits per heavy atom. The number of carbonyl (C=O) groups is 1. The number of hydrogen-bond donors (Lipinski definition) is 2. The highest BCUT2D eigenvalue weighted by Gasteiger charge is 2.15. The van der Waals surface area contributed by atoms with Gasteiger partial charge in [0.1, 0.15) is 11.3 Å². The molecule has 0 amide bonds. The van der Waals surface area contributed by atoms with Gasteiger partial charge in [0.15, 0.2) is 0 Å². The molecule has 0 radical (unpaired) electrons. The van der Waals surface area contributed by atoms with Gasteiger partial charge in [-0.25, -0.2) is 4.79 Å². The van der Waals surface area contributed by atoms with E-state index in [-0.39, 0.29) is 22.0 Å². The highest BCUT2D eigenvalue weighted by Crippen LogP contribution is 2.28. The highest BCUT2D eigenvalue weighted by atomic mass is 35.5. The van der Waals surface area contributed by atoms with Crippen molar-refractivity contribution in [3.63, 3.8) is 0 Å². The molecule has 5 heteroatoms. The Balaban J connectivity index is 3.28. The van der Waals surface area contributed by atoms with Crippen LogP contribution in [0.4, 0.5) is 5.69 Å². The van der Waals surface area contributed by atoms with Gasteiger partial charge in [0.2, 0.25) is 0 Å². The summed E-state index contributed by atoms with van der Waals surface area (Å²) in [4.78, 5) is 11.1. The Morgan fingerprint density at radius 2 is 2.23 bits per heavy atom. The Morgan fingerprint density at radius 3 is 2.69 bits per heavy atom. The van der Waals surface area contributed by atoms with E-state index in [4.69, 9.17) is 17.3 Å². The Labute approximate surface area is 79.9 Å². The maximum Gasteiger partial charge on any atom is 0.343 e. The molecule has 0 fully saturated rings. The van der Waals surface area contributed by atoms with Crippen molar-refractivity contribution in [2.45, 2.75) is 0 Å². The Kier molecular flexibility index (Phi) is 2.63. The third kappa shape index (κ3) is 1.84. The third-order valence-corrected chi connectivity index (χ3v) is 1.72. The number of phenolic OH excluding ortho intramolecular Hbond substituents is 1. The summed E-state index contributed by atoms with van der Waals surface area (Å²) in [5.74, 6) is -0.969. The molecule has 0 aromatic heterocycles. The van der Waals surface area contributed by atoms with Crippen molar-refractivity contribution in [3.05, 3.63) is 22.7 Å². The van der Waals surface area contributed by atoms with Gasteiger partial charge in [-0.15, -0.1) is 0 Å². The third-order valence-electron chi connectivity index (χ3n) is 1.50. The van der Waals surface area contributed by atoms with E-state index in [1.807, 2.05) is 0 Å². The van der Waals surface area contributed by atoms with E-state index in [0.29, 0.717) is 0 Å². The molecule has 0 saturated carbocycles. The molecule has 0 saturated heterocycles. The van der Waals surface area contributed by atoms with E-state index in [0.717, 1.165) is 0 Å². The summed E-state index contributed by atoms with van der Waals surface area (Å²) in [6, 6.07) is 2.59. The van der Waals surface area contributed by atoms with Gasteiger partial charge in [0, 0.05) is 5.02 Å². The molecule has 0 aliphatic rings. The maximum absolute atomic E-state index is 11.1. The second kappa shape index (κ2) is 3.53. The first-order valence-electron chi connectivity index (χ1n) is 3.42. The number of ether oxygens (including phenoxy) is 1. The molecule has 3 N–H and O–H groups in total. The summed E-state index contributed by atoms with van der Waals surface area (Å²) in [6.45, 7) is 0. The lowest BCUT2D eigenvalue weighted by Gasteiger charge is -2.05. The molecule has 1 rings (SSSR count). The SMILES string of the molecule is COC(=O)c1c(N)cc(Cl)cc1O. The van der Waals surface area contributed by atoms with Crippen LogP contribution < -0.4 is 5.73 Å². The fraction of sp³-hybridized carbons (Fsp3) is 0.125. The molecule has 0 aliphatic carbocycles. The Bertz CT molecular complexity index is 328. The molecule has 1 aromatic rings. The summed E-state index contributed by atoms with van der Waals surface area (Å²) in [5.41, 5.74) is 5.48. The predicted molar refractivity (Wildman–Crippen MR) is 48.9 cm³/mol.